The summed E-state index contributed by atoms with van der Waals surface area (Å²) in [5.74, 6) is 0. The molecule has 0 fully saturated rings. The second kappa shape index (κ2) is 6.77. The summed E-state index contributed by atoms with van der Waals surface area (Å²) in [6.07, 6.45) is 4.09. The van der Waals surface area contributed by atoms with Gasteiger partial charge in [-0.2, -0.15) is 5.10 Å². The van der Waals surface area contributed by atoms with Gasteiger partial charge in [-0.15, -0.1) is 0 Å². The molecule has 1 rings (SSSR count). The number of aromatic nitrogens is 2. The summed E-state index contributed by atoms with van der Waals surface area (Å²) >= 11 is 0. The maximum absolute atomic E-state index is 9.89. The number of aliphatic hydroxyl groups excluding tert-OH is 1. The number of hydrogen-bond acceptors (Lipinski definition) is 3. The van der Waals surface area contributed by atoms with E-state index in [4.69, 9.17) is 4.74 Å². The fourth-order valence-corrected chi connectivity index (χ4v) is 1.66. The van der Waals surface area contributed by atoms with Crippen LogP contribution in [0.1, 0.15) is 45.3 Å². The van der Waals surface area contributed by atoms with Crippen molar-refractivity contribution in [3.8, 4) is 0 Å². The molecule has 0 spiro atoms. The number of aliphatic hydroxyl groups is 1. The summed E-state index contributed by atoms with van der Waals surface area (Å²) in [5, 5.41) is 14.3. The van der Waals surface area contributed by atoms with E-state index in [2.05, 4.69) is 18.9 Å². The second-order valence-electron chi connectivity index (χ2n) is 4.86. The van der Waals surface area contributed by atoms with Crippen molar-refractivity contribution in [1.82, 2.24) is 9.78 Å². The molecule has 0 aliphatic rings. The average molecular weight is 240 g/mol. The first-order chi connectivity index (χ1) is 8.02. The van der Waals surface area contributed by atoms with Gasteiger partial charge in [0.15, 0.2) is 0 Å². The normalized spacial score (nSPS) is 15.2. The maximum Gasteiger partial charge on any atom is 0.0650 e. The third-order valence-electron chi connectivity index (χ3n) is 2.95. The molecule has 0 saturated heterocycles. The molecule has 4 heteroatoms. The van der Waals surface area contributed by atoms with Gasteiger partial charge in [0.05, 0.1) is 17.9 Å². The van der Waals surface area contributed by atoms with Gasteiger partial charge in [0.1, 0.15) is 0 Å². The first-order valence-corrected chi connectivity index (χ1v) is 6.27. The van der Waals surface area contributed by atoms with E-state index in [0.717, 1.165) is 18.5 Å². The number of hydrogen-bond donors (Lipinski definition) is 1. The van der Waals surface area contributed by atoms with Crippen molar-refractivity contribution >= 4 is 0 Å². The molecule has 98 valence electrons. The van der Waals surface area contributed by atoms with Crippen LogP contribution in [-0.4, -0.2) is 34.2 Å². The first kappa shape index (κ1) is 14.2. The Morgan fingerprint density at radius 1 is 1.35 bits per heavy atom. The zero-order valence-electron chi connectivity index (χ0n) is 11.3. The molecule has 0 saturated carbocycles. The van der Waals surface area contributed by atoms with Gasteiger partial charge in [-0.25, -0.2) is 0 Å². The Bertz CT molecular complexity index is 323. The molecule has 0 bridgehead atoms. The van der Waals surface area contributed by atoms with Gasteiger partial charge in [-0.1, -0.05) is 0 Å². The van der Waals surface area contributed by atoms with Crippen molar-refractivity contribution in [3.63, 3.8) is 0 Å². The van der Waals surface area contributed by atoms with E-state index in [0.29, 0.717) is 12.5 Å². The summed E-state index contributed by atoms with van der Waals surface area (Å²) in [5.41, 5.74) is 0.955. The Labute approximate surface area is 104 Å². The molecule has 0 aromatic carbocycles. The minimum absolute atomic E-state index is 0.206. The molecule has 0 aliphatic heterocycles. The summed E-state index contributed by atoms with van der Waals surface area (Å²) < 4.78 is 7.07. The van der Waals surface area contributed by atoms with E-state index in [1.165, 1.54) is 0 Å². The highest BCUT2D eigenvalue weighted by Crippen LogP contribution is 2.10. The molecular formula is C13H24N2O2. The number of rotatable bonds is 7. The molecular weight excluding hydrogens is 216 g/mol. The Morgan fingerprint density at radius 3 is 2.59 bits per heavy atom. The lowest BCUT2D eigenvalue weighted by molar-refractivity contribution is 0.0848. The van der Waals surface area contributed by atoms with Crippen molar-refractivity contribution in [3.05, 3.63) is 18.0 Å². The summed E-state index contributed by atoms with van der Waals surface area (Å²) in [7, 11) is 1.70. The summed E-state index contributed by atoms with van der Waals surface area (Å²) in [6.45, 7) is 6.20. The maximum atomic E-state index is 9.89. The van der Waals surface area contributed by atoms with E-state index in [9.17, 15) is 5.11 Å². The third kappa shape index (κ3) is 4.88. The average Bonchev–Trinajstić information content (AvgIpc) is 2.74. The molecule has 0 radical (unpaired) electrons. The molecule has 1 aromatic heterocycles. The molecule has 2 unspecified atom stereocenters. The van der Waals surface area contributed by atoms with Crippen LogP contribution in [0.15, 0.2) is 12.3 Å². The predicted molar refractivity (Wildman–Crippen MR) is 68.0 cm³/mol. The zero-order valence-corrected chi connectivity index (χ0v) is 11.3. The van der Waals surface area contributed by atoms with Gasteiger partial charge in [-0.3, -0.25) is 4.68 Å². The number of nitrogens with zero attached hydrogens (tertiary/aromatic N) is 2. The summed E-state index contributed by atoms with van der Waals surface area (Å²) in [4.78, 5) is 0. The molecule has 17 heavy (non-hydrogen) atoms. The molecule has 4 nitrogen and oxygen atoms in total. The highest BCUT2D eigenvalue weighted by atomic mass is 16.5. The number of ether oxygens (including phenoxy) is 1. The molecule has 1 heterocycles. The monoisotopic (exact) mass is 240 g/mol. The minimum atomic E-state index is -0.330. The van der Waals surface area contributed by atoms with Crippen LogP contribution in [0.25, 0.3) is 0 Å². The van der Waals surface area contributed by atoms with Crippen LogP contribution in [0.3, 0.4) is 0 Å². The molecule has 1 aromatic rings. The largest absolute Gasteiger partial charge is 0.393 e. The Balaban J connectivity index is 2.36. The van der Waals surface area contributed by atoms with E-state index in [-0.39, 0.29) is 12.2 Å². The topological polar surface area (TPSA) is 47.3 Å². The Hall–Kier alpha value is -0.870. The Morgan fingerprint density at radius 2 is 2.06 bits per heavy atom. The van der Waals surface area contributed by atoms with Crippen LogP contribution in [-0.2, 0) is 11.2 Å². The van der Waals surface area contributed by atoms with Crippen LogP contribution in [0.4, 0.5) is 0 Å². The fourth-order valence-electron chi connectivity index (χ4n) is 1.66. The van der Waals surface area contributed by atoms with Crippen LogP contribution < -0.4 is 0 Å². The fraction of sp³-hybridized carbons (Fsp3) is 0.769. The quantitative estimate of drug-likeness (QED) is 0.794. The zero-order chi connectivity index (χ0) is 12.8. The van der Waals surface area contributed by atoms with Gasteiger partial charge >= 0.3 is 0 Å². The van der Waals surface area contributed by atoms with Crippen LogP contribution in [0.2, 0.25) is 0 Å². The van der Waals surface area contributed by atoms with Crippen molar-refractivity contribution in [2.45, 2.75) is 58.3 Å². The second-order valence-corrected chi connectivity index (χ2v) is 4.86. The lowest BCUT2D eigenvalue weighted by Gasteiger charge is -2.12. The highest BCUT2D eigenvalue weighted by molar-refractivity contribution is 5.01. The summed E-state index contributed by atoms with van der Waals surface area (Å²) in [6, 6.07) is 2.34. The minimum Gasteiger partial charge on any atom is -0.393 e. The lowest BCUT2D eigenvalue weighted by Crippen LogP contribution is -2.15. The SMILES string of the molecule is COC(C)CCC(O)Cc1ccn(C(C)C)n1. The smallest absolute Gasteiger partial charge is 0.0650 e. The van der Waals surface area contributed by atoms with Crippen molar-refractivity contribution in [2.24, 2.45) is 0 Å². The van der Waals surface area contributed by atoms with Crippen LogP contribution in [0.5, 0.6) is 0 Å². The Kier molecular flexibility index (Phi) is 5.65. The van der Waals surface area contributed by atoms with Gasteiger partial charge in [0, 0.05) is 25.8 Å². The van der Waals surface area contributed by atoms with E-state index < -0.39 is 0 Å². The predicted octanol–water partition coefficient (Wildman–Crippen LogP) is 2.18. The van der Waals surface area contributed by atoms with Gasteiger partial charge < -0.3 is 9.84 Å². The molecule has 0 aliphatic carbocycles. The lowest BCUT2D eigenvalue weighted by atomic mass is 10.1. The third-order valence-corrected chi connectivity index (χ3v) is 2.95. The van der Waals surface area contributed by atoms with Crippen molar-refractivity contribution < 1.29 is 9.84 Å². The van der Waals surface area contributed by atoms with Gasteiger partial charge in [0.25, 0.3) is 0 Å². The van der Waals surface area contributed by atoms with Gasteiger partial charge in [0.2, 0.25) is 0 Å². The van der Waals surface area contributed by atoms with Gasteiger partial charge in [-0.05, 0) is 39.7 Å². The van der Waals surface area contributed by atoms with Crippen molar-refractivity contribution in [2.75, 3.05) is 7.11 Å². The van der Waals surface area contributed by atoms with E-state index in [1.54, 1.807) is 7.11 Å². The highest BCUT2D eigenvalue weighted by Gasteiger charge is 2.10. The molecule has 2 atom stereocenters. The first-order valence-electron chi connectivity index (χ1n) is 6.27. The molecule has 1 N–H and O–H groups in total. The van der Waals surface area contributed by atoms with E-state index >= 15 is 0 Å². The molecule has 0 amide bonds. The number of methoxy groups -OCH3 is 1. The van der Waals surface area contributed by atoms with Crippen LogP contribution in [0, 0.1) is 0 Å². The van der Waals surface area contributed by atoms with Crippen molar-refractivity contribution in [1.29, 1.82) is 0 Å². The van der Waals surface area contributed by atoms with Crippen LogP contribution >= 0.6 is 0 Å². The van der Waals surface area contributed by atoms with E-state index in [1.807, 2.05) is 23.9 Å². The standard InChI is InChI=1S/C13H24N2O2/c1-10(2)15-8-7-12(14-15)9-13(16)6-5-11(3)17-4/h7-8,10-11,13,16H,5-6,9H2,1-4H3.